The van der Waals surface area contributed by atoms with Gasteiger partial charge in [-0.25, -0.2) is 0 Å². The van der Waals surface area contributed by atoms with Crippen LogP contribution in [0.2, 0.25) is 0 Å². The van der Waals surface area contributed by atoms with Gasteiger partial charge in [-0.2, -0.15) is 0 Å². The van der Waals surface area contributed by atoms with Crippen LogP contribution >= 0.6 is 0 Å². The van der Waals surface area contributed by atoms with E-state index in [9.17, 15) is 0 Å². The average molecular weight is 226 g/mol. The Labute approximate surface area is 94.5 Å². The molecule has 0 unspecified atom stereocenters. The van der Waals surface area contributed by atoms with Gasteiger partial charge in [0.2, 0.25) is 0 Å². The number of nitrogen functional groups attached to an aromatic ring is 1. The van der Waals surface area contributed by atoms with E-state index in [1.54, 1.807) is 18.2 Å². The first-order valence-electron chi connectivity index (χ1n) is 5.04. The van der Waals surface area contributed by atoms with Crippen molar-refractivity contribution in [3.05, 3.63) is 23.8 Å². The molecule has 0 bridgehead atoms. The number of hydrogen-bond donors (Lipinski definition) is 5. The first-order valence-corrected chi connectivity index (χ1v) is 5.04. The summed E-state index contributed by atoms with van der Waals surface area (Å²) in [4.78, 5) is 0. The number of aliphatic hydroxyl groups excluding tert-OH is 3. The molecule has 90 valence electrons. The minimum atomic E-state index is -1.11. The molecule has 0 saturated carbocycles. The number of rotatable bonds is 5. The van der Waals surface area contributed by atoms with Crippen molar-refractivity contribution in [1.82, 2.24) is 0 Å². The molecule has 0 fully saturated rings. The second-order valence-electron chi connectivity index (χ2n) is 3.95. The van der Waals surface area contributed by atoms with Gasteiger partial charge in [0.1, 0.15) is 5.54 Å². The normalized spacial score (nSPS) is 11.5. The molecular weight excluding hydrogens is 208 g/mol. The lowest BCUT2D eigenvalue weighted by Gasteiger charge is -2.30. The van der Waals surface area contributed by atoms with Crippen LogP contribution in [0.1, 0.15) is 5.56 Å². The molecule has 0 aliphatic rings. The minimum absolute atomic E-state index is 0.358. The molecule has 0 radical (unpaired) electrons. The van der Waals surface area contributed by atoms with E-state index < -0.39 is 5.54 Å². The Morgan fingerprint density at radius 1 is 1.19 bits per heavy atom. The molecule has 0 saturated heterocycles. The lowest BCUT2D eigenvalue weighted by atomic mass is 10.0. The van der Waals surface area contributed by atoms with Crippen molar-refractivity contribution in [2.75, 3.05) is 30.9 Å². The highest BCUT2D eigenvalue weighted by molar-refractivity contribution is 5.57. The van der Waals surface area contributed by atoms with E-state index in [0.717, 1.165) is 5.56 Å². The quantitative estimate of drug-likeness (QED) is 0.444. The summed E-state index contributed by atoms with van der Waals surface area (Å²) in [7, 11) is 0. The smallest absolute Gasteiger partial charge is 0.107 e. The van der Waals surface area contributed by atoms with Gasteiger partial charge in [0.25, 0.3) is 0 Å². The molecule has 0 aliphatic heterocycles. The van der Waals surface area contributed by atoms with E-state index in [4.69, 9.17) is 21.1 Å². The third-order valence-corrected chi connectivity index (χ3v) is 2.59. The summed E-state index contributed by atoms with van der Waals surface area (Å²) in [5.74, 6) is 0. The van der Waals surface area contributed by atoms with Crippen molar-refractivity contribution in [3.8, 4) is 0 Å². The Kier molecular flexibility index (Phi) is 4.12. The molecular formula is C11H18N2O3. The van der Waals surface area contributed by atoms with Gasteiger partial charge >= 0.3 is 0 Å². The first-order chi connectivity index (χ1) is 7.56. The maximum absolute atomic E-state index is 9.15. The fourth-order valence-corrected chi connectivity index (χ4v) is 1.33. The lowest BCUT2D eigenvalue weighted by molar-refractivity contribution is 0.0834. The van der Waals surface area contributed by atoms with Crippen LogP contribution in [0.25, 0.3) is 0 Å². The summed E-state index contributed by atoms with van der Waals surface area (Å²) in [6.45, 7) is 0.787. The fraction of sp³-hybridized carbons (Fsp3) is 0.455. The predicted octanol–water partition coefficient (Wildman–Crippen LogP) is -0.295. The van der Waals surface area contributed by atoms with E-state index >= 15 is 0 Å². The SMILES string of the molecule is Cc1cc(NC(CO)(CO)CO)ccc1N. The molecule has 0 aliphatic carbocycles. The number of nitrogens with one attached hydrogen (secondary N) is 1. The molecule has 5 nitrogen and oxygen atoms in total. The second-order valence-corrected chi connectivity index (χ2v) is 3.95. The number of aryl methyl sites for hydroxylation is 1. The Morgan fingerprint density at radius 3 is 2.19 bits per heavy atom. The standard InChI is InChI=1S/C11H18N2O3/c1-8-4-9(2-3-10(8)12)13-11(5-14,6-15)7-16/h2-4,13-16H,5-7,12H2,1H3. The number of hydrogen-bond acceptors (Lipinski definition) is 5. The van der Waals surface area contributed by atoms with Crippen molar-refractivity contribution in [3.63, 3.8) is 0 Å². The molecule has 5 heteroatoms. The van der Waals surface area contributed by atoms with Crippen LogP contribution in [-0.2, 0) is 0 Å². The Hall–Kier alpha value is -1.30. The van der Waals surface area contributed by atoms with Gasteiger partial charge in [-0.15, -0.1) is 0 Å². The highest BCUT2D eigenvalue weighted by Gasteiger charge is 2.27. The number of anilines is 2. The summed E-state index contributed by atoms with van der Waals surface area (Å²) in [6.07, 6.45) is 0. The highest BCUT2D eigenvalue weighted by Crippen LogP contribution is 2.20. The van der Waals surface area contributed by atoms with Crippen LogP contribution in [0, 0.1) is 6.92 Å². The van der Waals surface area contributed by atoms with Crippen molar-refractivity contribution in [2.45, 2.75) is 12.5 Å². The van der Waals surface area contributed by atoms with Crippen molar-refractivity contribution in [1.29, 1.82) is 0 Å². The molecule has 1 aromatic carbocycles. The Morgan fingerprint density at radius 2 is 1.75 bits per heavy atom. The van der Waals surface area contributed by atoms with Gasteiger partial charge in [0.15, 0.2) is 0 Å². The van der Waals surface area contributed by atoms with Gasteiger partial charge in [0, 0.05) is 11.4 Å². The monoisotopic (exact) mass is 226 g/mol. The maximum Gasteiger partial charge on any atom is 0.107 e. The summed E-state index contributed by atoms with van der Waals surface area (Å²) in [5, 5.41) is 30.4. The molecule has 16 heavy (non-hydrogen) atoms. The number of benzene rings is 1. The van der Waals surface area contributed by atoms with Crippen molar-refractivity contribution < 1.29 is 15.3 Å². The molecule has 1 aromatic rings. The molecule has 1 rings (SSSR count). The number of nitrogens with two attached hydrogens (primary N) is 1. The number of aliphatic hydroxyl groups is 3. The van der Waals surface area contributed by atoms with E-state index in [1.807, 2.05) is 6.92 Å². The second kappa shape index (κ2) is 5.16. The molecule has 6 N–H and O–H groups in total. The van der Waals surface area contributed by atoms with Crippen LogP contribution in [0.3, 0.4) is 0 Å². The fourth-order valence-electron chi connectivity index (χ4n) is 1.33. The zero-order valence-electron chi connectivity index (χ0n) is 9.27. The summed E-state index contributed by atoms with van der Waals surface area (Å²) >= 11 is 0. The van der Waals surface area contributed by atoms with Crippen LogP contribution in [-0.4, -0.2) is 40.7 Å². The van der Waals surface area contributed by atoms with Gasteiger partial charge in [-0.05, 0) is 30.7 Å². The third kappa shape index (κ3) is 2.63. The van der Waals surface area contributed by atoms with Gasteiger partial charge < -0.3 is 26.4 Å². The van der Waals surface area contributed by atoms with Gasteiger partial charge in [0.05, 0.1) is 19.8 Å². The summed E-state index contributed by atoms with van der Waals surface area (Å²) < 4.78 is 0. The van der Waals surface area contributed by atoms with Crippen LogP contribution < -0.4 is 11.1 Å². The van der Waals surface area contributed by atoms with Crippen LogP contribution in [0.5, 0.6) is 0 Å². The first kappa shape index (κ1) is 12.8. The largest absolute Gasteiger partial charge is 0.399 e. The van der Waals surface area contributed by atoms with Crippen molar-refractivity contribution in [2.24, 2.45) is 0 Å². The van der Waals surface area contributed by atoms with E-state index in [2.05, 4.69) is 5.32 Å². The third-order valence-electron chi connectivity index (χ3n) is 2.59. The van der Waals surface area contributed by atoms with E-state index in [-0.39, 0.29) is 19.8 Å². The highest BCUT2D eigenvalue weighted by atomic mass is 16.3. The zero-order valence-corrected chi connectivity index (χ0v) is 9.27. The van der Waals surface area contributed by atoms with E-state index in [1.165, 1.54) is 0 Å². The summed E-state index contributed by atoms with van der Waals surface area (Å²) in [5.41, 5.74) is 6.83. The molecule has 0 heterocycles. The Balaban J connectivity index is 2.89. The lowest BCUT2D eigenvalue weighted by Crippen LogP contribution is -2.49. The maximum atomic E-state index is 9.15. The van der Waals surface area contributed by atoms with Gasteiger partial charge in [-0.1, -0.05) is 0 Å². The minimum Gasteiger partial charge on any atom is -0.399 e. The molecule has 0 spiro atoms. The molecule has 0 aromatic heterocycles. The van der Waals surface area contributed by atoms with Crippen LogP contribution in [0.4, 0.5) is 11.4 Å². The van der Waals surface area contributed by atoms with E-state index in [0.29, 0.717) is 11.4 Å². The van der Waals surface area contributed by atoms with Gasteiger partial charge in [-0.3, -0.25) is 0 Å². The predicted molar refractivity (Wildman–Crippen MR) is 63.2 cm³/mol. The Bertz CT molecular complexity index is 343. The average Bonchev–Trinajstić information content (AvgIpc) is 2.31. The zero-order chi connectivity index (χ0) is 12.2. The molecule has 0 amide bonds. The topological polar surface area (TPSA) is 98.7 Å². The van der Waals surface area contributed by atoms with Crippen molar-refractivity contribution >= 4 is 11.4 Å². The summed E-state index contributed by atoms with van der Waals surface area (Å²) in [6, 6.07) is 5.26. The van der Waals surface area contributed by atoms with Crippen LogP contribution in [0.15, 0.2) is 18.2 Å². The molecule has 0 atom stereocenters.